The van der Waals surface area contributed by atoms with Crippen molar-refractivity contribution in [2.24, 2.45) is 0 Å². The third-order valence-corrected chi connectivity index (χ3v) is 3.83. The highest BCUT2D eigenvalue weighted by Crippen LogP contribution is 2.24. The molecule has 2 rings (SSSR count). The van der Waals surface area contributed by atoms with Crippen LogP contribution in [-0.4, -0.2) is 42.6 Å². The number of pyridine rings is 1. The van der Waals surface area contributed by atoms with Gasteiger partial charge in [0, 0.05) is 19.6 Å². The van der Waals surface area contributed by atoms with Crippen molar-refractivity contribution in [2.45, 2.75) is 25.8 Å². The Hall–Kier alpha value is -1.00. The summed E-state index contributed by atoms with van der Waals surface area (Å²) in [6, 6.07) is 4.13. The van der Waals surface area contributed by atoms with Crippen molar-refractivity contribution in [1.82, 2.24) is 9.88 Å². The van der Waals surface area contributed by atoms with Gasteiger partial charge < -0.3 is 10.6 Å². The smallest absolute Gasteiger partial charge is 0.153 e. The lowest BCUT2D eigenvalue weighted by Crippen LogP contribution is -2.39. The van der Waals surface area contributed by atoms with Gasteiger partial charge in [-0.25, -0.2) is 4.98 Å². The first-order valence-electron chi connectivity index (χ1n) is 6.49. The van der Waals surface area contributed by atoms with Crippen LogP contribution in [0.2, 0.25) is 5.15 Å². The molecule has 1 saturated heterocycles. The first-order chi connectivity index (χ1) is 8.61. The number of anilines is 2. The van der Waals surface area contributed by atoms with Gasteiger partial charge in [0.15, 0.2) is 5.82 Å². The van der Waals surface area contributed by atoms with E-state index in [1.54, 1.807) is 6.07 Å². The first-order valence-corrected chi connectivity index (χ1v) is 6.86. The van der Waals surface area contributed by atoms with Gasteiger partial charge in [0.05, 0.1) is 5.69 Å². The monoisotopic (exact) mass is 268 g/mol. The lowest BCUT2D eigenvalue weighted by Gasteiger charge is -2.29. The Bertz CT molecular complexity index is 410. The lowest BCUT2D eigenvalue weighted by molar-refractivity contribution is 0.270. The van der Waals surface area contributed by atoms with Gasteiger partial charge in [-0.2, -0.15) is 0 Å². The number of likely N-dealkylation sites (tertiary alicyclic amines) is 1. The van der Waals surface area contributed by atoms with Crippen molar-refractivity contribution in [2.75, 3.05) is 37.3 Å². The maximum absolute atomic E-state index is 5.96. The topological polar surface area (TPSA) is 45.4 Å². The molecule has 0 amide bonds. The molecule has 1 aromatic heterocycles. The number of hydrogen-bond donors (Lipinski definition) is 1. The molecule has 100 valence electrons. The number of nitrogens with two attached hydrogens (primary N) is 1. The highest BCUT2D eigenvalue weighted by Gasteiger charge is 2.24. The Morgan fingerprint density at radius 3 is 3.06 bits per heavy atom. The average molecular weight is 269 g/mol. The quantitative estimate of drug-likeness (QED) is 0.851. The normalized spacial score (nSPS) is 20.3. The van der Waals surface area contributed by atoms with Gasteiger partial charge in [0.25, 0.3) is 0 Å². The van der Waals surface area contributed by atoms with Crippen LogP contribution >= 0.6 is 11.6 Å². The van der Waals surface area contributed by atoms with Crippen molar-refractivity contribution < 1.29 is 0 Å². The fourth-order valence-electron chi connectivity index (χ4n) is 2.66. The van der Waals surface area contributed by atoms with Crippen LogP contribution in [-0.2, 0) is 0 Å². The summed E-state index contributed by atoms with van der Waals surface area (Å²) in [6.45, 7) is 5.47. The van der Waals surface area contributed by atoms with E-state index in [4.69, 9.17) is 17.3 Å². The van der Waals surface area contributed by atoms with Crippen LogP contribution in [0.3, 0.4) is 0 Å². The number of nitrogens with zero attached hydrogens (tertiary/aromatic N) is 3. The fourth-order valence-corrected chi connectivity index (χ4v) is 2.81. The van der Waals surface area contributed by atoms with Crippen LogP contribution in [0.5, 0.6) is 0 Å². The second-order valence-electron chi connectivity index (χ2n) is 4.85. The molecule has 0 aliphatic carbocycles. The predicted molar refractivity (Wildman–Crippen MR) is 77.2 cm³/mol. The van der Waals surface area contributed by atoms with Crippen LogP contribution in [0, 0.1) is 0 Å². The molecule has 2 N–H and O–H groups in total. The van der Waals surface area contributed by atoms with E-state index in [9.17, 15) is 0 Å². The zero-order chi connectivity index (χ0) is 13.1. The van der Waals surface area contributed by atoms with Crippen molar-refractivity contribution in [3.63, 3.8) is 0 Å². The third-order valence-electron chi connectivity index (χ3n) is 3.62. The summed E-state index contributed by atoms with van der Waals surface area (Å²) in [5, 5.41) is 0.491. The fraction of sp³-hybridized carbons (Fsp3) is 0.615. The van der Waals surface area contributed by atoms with E-state index in [0.717, 1.165) is 18.9 Å². The molecule has 0 radical (unpaired) electrons. The van der Waals surface area contributed by atoms with Crippen LogP contribution in [0.1, 0.15) is 19.8 Å². The van der Waals surface area contributed by atoms with Gasteiger partial charge >= 0.3 is 0 Å². The van der Waals surface area contributed by atoms with E-state index >= 15 is 0 Å². The number of nitrogen functional groups attached to an aromatic ring is 1. The second kappa shape index (κ2) is 5.76. The Labute approximate surface area is 114 Å². The maximum atomic E-state index is 5.96. The summed E-state index contributed by atoms with van der Waals surface area (Å²) in [7, 11) is 2.03. The third kappa shape index (κ3) is 2.87. The standard InChI is InChI=1S/C13H21ClN4/c1-3-18-8-4-5-10(18)9-17(2)13-11(15)6-7-12(14)16-13/h6-7,10H,3-5,8-9,15H2,1-2H3. The van der Waals surface area contributed by atoms with E-state index in [-0.39, 0.29) is 0 Å². The van der Waals surface area contributed by atoms with E-state index in [0.29, 0.717) is 16.9 Å². The molecule has 18 heavy (non-hydrogen) atoms. The molecule has 2 heterocycles. The summed E-state index contributed by atoms with van der Waals surface area (Å²) in [4.78, 5) is 8.94. The van der Waals surface area contributed by atoms with Crippen LogP contribution in [0.25, 0.3) is 0 Å². The highest BCUT2D eigenvalue weighted by atomic mass is 35.5. The van der Waals surface area contributed by atoms with Gasteiger partial charge in [0.2, 0.25) is 0 Å². The van der Waals surface area contributed by atoms with Gasteiger partial charge in [-0.3, -0.25) is 4.90 Å². The maximum Gasteiger partial charge on any atom is 0.153 e. The van der Waals surface area contributed by atoms with E-state index in [1.165, 1.54) is 19.4 Å². The van der Waals surface area contributed by atoms with Crippen molar-refractivity contribution in [1.29, 1.82) is 0 Å². The Morgan fingerprint density at radius 2 is 2.33 bits per heavy atom. The van der Waals surface area contributed by atoms with Gasteiger partial charge in [-0.15, -0.1) is 0 Å². The van der Waals surface area contributed by atoms with E-state index in [2.05, 4.69) is 21.7 Å². The molecule has 1 atom stereocenters. The zero-order valence-corrected chi connectivity index (χ0v) is 11.8. The lowest BCUT2D eigenvalue weighted by atomic mass is 10.2. The molecule has 5 heteroatoms. The molecule has 1 unspecified atom stereocenters. The summed E-state index contributed by atoms with van der Waals surface area (Å²) < 4.78 is 0. The second-order valence-corrected chi connectivity index (χ2v) is 5.24. The Morgan fingerprint density at radius 1 is 1.56 bits per heavy atom. The molecular weight excluding hydrogens is 248 g/mol. The zero-order valence-electron chi connectivity index (χ0n) is 11.1. The summed E-state index contributed by atoms with van der Waals surface area (Å²) in [5.41, 5.74) is 6.64. The molecule has 0 bridgehead atoms. The Kier molecular flexibility index (Phi) is 4.30. The molecule has 4 nitrogen and oxygen atoms in total. The Balaban J connectivity index is 2.07. The van der Waals surface area contributed by atoms with Crippen LogP contribution in [0.4, 0.5) is 11.5 Å². The largest absolute Gasteiger partial charge is 0.396 e. The van der Waals surface area contributed by atoms with E-state index < -0.39 is 0 Å². The number of aromatic nitrogens is 1. The number of rotatable bonds is 4. The number of halogens is 1. The molecule has 1 fully saturated rings. The minimum absolute atomic E-state index is 0.491. The molecule has 0 saturated carbocycles. The summed E-state index contributed by atoms with van der Waals surface area (Å²) >= 11 is 5.93. The molecule has 0 aromatic carbocycles. The minimum atomic E-state index is 0.491. The number of likely N-dealkylation sites (N-methyl/N-ethyl adjacent to an activating group) is 2. The van der Waals surface area contributed by atoms with Crippen molar-refractivity contribution in [3.05, 3.63) is 17.3 Å². The van der Waals surface area contributed by atoms with Gasteiger partial charge in [0.1, 0.15) is 5.15 Å². The molecule has 1 aliphatic rings. The van der Waals surface area contributed by atoms with Crippen molar-refractivity contribution in [3.8, 4) is 0 Å². The SMILES string of the molecule is CCN1CCCC1CN(C)c1nc(Cl)ccc1N. The van der Waals surface area contributed by atoms with E-state index in [1.807, 2.05) is 13.1 Å². The van der Waals surface area contributed by atoms with Gasteiger partial charge in [-0.05, 0) is 38.1 Å². The molecule has 0 spiro atoms. The minimum Gasteiger partial charge on any atom is -0.396 e. The summed E-state index contributed by atoms with van der Waals surface area (Å²) in [5.74, 6) is 0.783. The predicted octanol–water partition coefficient (Wildman–Crippen LogP) is 2.24. The molecule has 1 aromatic rings. The number of hydrogen-bond acceptors (Lipinski definition) is 4. The van der Waals surface area contributed by atoms with Crippen molar-refractivity contribution >= 4 is 23.1 Å². The summed E-state index contributed by atoms with van der Waals surface area (Å²) in [6.07, 6.45) is 2.53. The molecule has 1 aliphatic heterocycles. The highest BCUT2D eigenvalue weighted by molar-refractivity contribution is 6.29. The average Bonchev–Trinajstić information content (AvgIpc) is 2.79. The first kappa shape index (κ1) is 13.4. The van der Waals surface area contributed by atoms with Crippen LogP contribution in [0.15, 0.2) is 12.1 Å². The van der Waals surface area contributed by atoms with Gasteiger partial charge in [-0.1, -0.05) is 18.5 Å². The molecular formula is C13H21ClN4. The van der Waals surface area contributed by atoms with Crippen LogP contribution < -0.4 is 10.6 Å².